The van der Waals surface area contributed by atoms with Gasteiger partial charge in [-0.05, 0) is 66.7 Å². The Morgan fingerprint density at radius 2 is 1.72 bits per heavy atom. The molecule has 1 aliphatic heterocycles. The van der Waals surface area contributed by atoms with Crippen molar-refractivity contribution in [2.45, 2.75) is 6.54 Å². The van der Waals surface area contributed by atoms with Gasteiger partial charge >= 0.3 is 6.03 Å². The Labute approximate surface area is 187 Å². The molecular formula is C23H17ClFN3O4. The minimum atomic E-state index is -0.893. The highest BCUT2D eigenvalue weighted by Crippen LogP contribution is 2.22. The molecule has 1 aromatic heterocycles. The van der Waals surface area contributed by atoms with E-state index in [1.165, 1.54) is 18.2 Å². The summed E-state index contributed by atoms with van der Waals surface area (Å²) in [4.78, 5) is 38.3. The van der Waals surface area contributed by atoms with Gasteiger partial charge in [0.2, 0.25) is 0 Å². The average Bonchev–Trinajstić information content (AvgIpc) is 3.21. The molecule has 2 aromatic carbocycles. The first-order chi connectivity index (χ1) is 15.4. The molecule has 1 aliphatic rings. The van der Waals surface area contributed by atoms with Crippen molar-refractivity contribution < 1.29 is 23.5 Å². The van der Waals surface area contributed by atoms with Gasteiger partial charge in [-0.25, -0.2) is 14.1 Å². The summed E-state index contributed by atoms with van der Waals surface area (Å²) in [6, 6.07) is 14.4. The maximum atomic E-state index is 13.2. The lowest BCUT2D eigenvalue weighted by atomic mass is 10.1. The SMILES string of the molecule is O=C1NC(=O)N(c2ccc(F)cc2)C(=O)/C1=C\c1cccn1CCOc1ccc(Cl)cc1. The standard InChI is InChI=1S/C23H17ClFN3O4/c24-15-3-9-19(10-4-15)32-13-12-27-11-1-2-18(27)14-20-21(29)26-23(31)28(22(20)30)17-7-5-16(25)6-8-17/h1-11,14H,12-13H2,(H,26,29,31)/b20-14-. The summed E-state index contributed by atoms with van der Waals surface area (Å²) in [7, 11) is 0. The zero-order chi connectivity index (χ0) is 22.7. The van der Waals surface area contributed by atoms with Crippen molar-refractivity contribution in [3.05, 3.63) is 89.0 Å². The molecule has 4 rings (SSSR count). The summed E-state index contributed by atoms with van der Waals surface area (Å²) in [6.07, 6.45) is 3.19. The molecule has 0 spiro atoms. The summed E-state index contributed by atoms with van der Waals surface area (Å²) in [5.74, 6) is -1.44. The molecule has 7 nitrogen and oxygen atoms in total. The number of hydrogen-bond acceptors (Lipinski definition) is 4. The molecule has 0 aliphatic carbocycles. The topological polar surface area (TPSA) is 80.6 Å². The molecule has 1 fully saturated rings. The molecule has 4 amide bonds. The first kappa shape index (κ1) is 21.3. The zero-order valence-corrected chi connectivity index (χ0v) is 17.4. The Morgan fingerprint density at radius 1 is 1.00 bits per heavy atom. The molecule has 0 unspecified atom stereocenters. The van der Waals surface area contributed by atoms with Crippen LogP contribution in [0.3, 0.4) is 0 Å². The second kappa shape index (κ2) is 9.07. The molecule has 0 saturated carbocycles. The van der Waals surface area contributed by atoms with Crippen molar-refractivity contribution in [3.63, 3.8) is 0 Å². The van der Waals surface area contributed by atoms with Crippen LogP contribution >= 0.6 is 11.6 Å². The fourth-order valence-corrected chi connectivity index (χ4v) is 3.31. The van der Waals surface area contributed by atoms with Crippen LogP contribution in [0.15, 0.2) is 72.4 Å². The number of nitrogens with one attached hydrogen (secondary N) is 1. The van der Waals surface area contributed by atoms with E-state index in [1.807, 2.05) is 4.57 Å². The summed E-state index contributed by atoms with van der Waals surface area (Å²) in [5, 5.41) is 2.76. The van der Waals surface area contributed by atoms with Crippen LogP contribution < -0.4 is 15.0 Å². The Morgan fingerprint density at radius 3 is 2.44 bits per heavy atom. The van der Waals surface area contributed by atoms with Gasteiger partial charge < -0.3 is 9.30 Å². The second-order valence-corrected chi connectivity index (χ2v) is 7.30. The molecule has 1 N–H and O–H groups in total. The number of ether oxygens (including phenoxy) is 1. The van der Waals surface area contributed by atoms with E-state index in [-0.39, 0.29) is 11.3 Å². The molecule has 1 saturated heterocycles. The maximum absolute atomic E-state index is 13.2. The quantitative estimate of drug-likeness (QED) is 0.451. The molecule has 0 bridgehead atoms. The third kappa shape index (κ3) is 4.55. The molecule has 3 aromatic rings. The lowest BCUT2D eigenvalue weighted by molar-refractivity contribution is -0.122. The highest BCUT2D eigenvalue weighted by Gasteiger charge is 2.36. The van der Waals surface area contributed by atoms with E-state index < -0.39 is 23.7 Å². The minimum absolute atomic E-state index is 0.152. The monoisotopic (exact) mass is 453 g/mol. The number of rotatable bonds is 6. The van der Waals surface area contributed by atoms with Gasteiger partial charge in [-0.2, -0.15) is 0 Å². The number of benzene rings is 2. The van der Waals surface area contributed by atoms with Crippen molar-refractivity contribution >= 4 is 41.2 Å². The number of barbiturate groups is 1. The molecule has 162 valence electrons. The zero-order valence-electron chi connectivity index (χ0n) is 16.6. The lowest BCUT2D eigenvalue weighted by Gasteiger charge is -2.26. The van der Waals surface area contributed by atoms with Gasteiger partial charge in [0.25, 0.3) is 11.8 Å². The number of carbonyl (C=O) groups is 3. The van der Waals surface area contributed by atoms with Gasteiger partial charge in [0.05, 0.1) is 12.2 Å². The molecule has 32 heavy (non-hydrogen) atoms. The summed E-state index contributed by atoms with van der Waals surface area (Å²) < 4.78 is 20.7. The molecular weight excluding hydrogens is 437 g/mol. The van der Waals surface area contributed by atoms with Crippen molar-refractivity contribution in [2.75, 3.05) is 11.5 Å². The number of hydrogen-bond donors (Lipinski definition) is 1. The minimum Gasteiger partial charge on any atom is -0.492 e. The van der Waals surface area contributed by atoms with E-state index in [0.717, 1.165) is 17.0 Å². The van der Waals surface area contributed by atoms with Crippen molar-refractivity contribution in [3.8, 4) is 5.75 Å². The average molecular weight is 454 g/mol. The van der Waals surface area contributed by atoms with Crippen molar-refractivity contribution in [1.82, 2.24) is 9.88 Å². The normalized spacial score (nSPS) is 15.2. The van der Waals surface area contributed by atoms with E-state index in [9.17, 15) is 18.8 Å². The number of aromatic nitrogens is 1. The molecule has 0 atom stereocenters. The number of halogens is 2. The smallest absolute Gasteiger partial charge is 0.335 e. The number of anilines is 1. The van der Waals surface area contributed by atoms with Crippen LogP contribution in [-0.2, 0) is 16.1 Å². The summed E-state index contributed by atoms with van der Waals surface area (Å²) in [6.45, 7) is 0.790. The van der Waals surface area contributed by atoms with Gasteiger partial charge in [-0.3, -0.25) is 14.9 Å². The van der Waals surface area contributed by atoms with E-state index in [2.05, 4.69) is 5.32 Å². The molecule has 2 heterocycles. The number of imide groups is 2. The Bertz CT molecular complexity index is 1200. The van der Waals surface area contributed by atoms with Crippen LogP contribution in [0.5, 0.6) is 5.75 Å². The Hall–Kier alpha value is -3.91. The lowest BCUT2D eigenvalue weighted by Crippen LogP contribution is -2.54. The van der Waals surface area contributed by atoms with Crippen LogP contribution in [0.1, 0.15) is 5.69 Å². The number of urea groups is 1. The molecule has 9 heteroatoms. The van der Waals surface area contributed by atoms with Crippen LogP contribution in [0.25, 0.3) is 6.08 Å². The van der Waals surface area contributed by atoms with Gasteiger partial charge in [0, 0.05) is 16.9 Å². The maximum Gasteiger partial charge on any atom is 0.335 e. The van der Waals surface area contributed by atoms with Gasteiger partial charge in [0.1, 0.15) is 23.7 Å². The molecule has 0 radical (unpaired) electrons. The summed E-state index contributed by atoms with van der Waals surface area (Å²) in [5.41, 5.74) is 0.517. The van der Waals surface area contributed by atoms with E-state index in [1.54, 1.807) is 42.6 Å². The third-order valence-electron chi connectivity index (χ3n) is 4.76. The van der Waals surface area contributed by atoms with Crippen molar-refractivity contribution in [2.24, 2.45) is 0 Å². The van der Waals surface area contributed by atoms with E-state index in [4.69, 9.17) is 16.3 Å². The summed E-state index contributed by atoms with van der Waals surface area (Å²) >= 11 is 5.86. The fraction of sp³-hybridized carbons (Fsp3) is 0.0870. The van der Waals surface area contributed by atoms with Gasteiger partial charge in [-0.15, -0.1) is 0 Å². The van der Waals surface area contributed by atoms with E-state index in [0.29, 0.717) is 29.6 Å². The fourth-order valence-electron chi connectivity index (χ4n) is 3.18. The largest absolute Gasteiger partial charge is 0.492 e. The number of carbonyl (C=O) groups excluding carboxylic acids is 3. The second-order valence-electron chi connectivity index (χ2n) is 6.86. The highest BCUT2D eigenvalue weighted by molar-refractivity contribution is 6.39. The number of nitrogens with zero attached hydrogens (tertiary/aromatic N) is 2. The van der Waals surface area contributed by atoms with Crippen LogP contribution in [0.2, 0.25) is 5.02 Å². The Balaban J connectivity index is 1.52. The first-order valence-electron chi connectivity index (χ1n) is 9.63. The predicted molar refractivity (Wildman–Crippen MR) is 117 cm³/mol. The van der Waals surface area contributed by atoms with Crippen LogP contribution in [0.4, 0.5) is 14.9 Å². The predicted octanol–water partition coefficient (Wildman–Crippen LogP) is 4.03. The highest BCUT2D eigenvalue weighted by atomic mass is 35.5. The van der Waals surface area contributed by atoms with Gasteiger partial charge in [0.15, 0.2) is 0 Å². The first-order valence-corrected chi connectivity index (χ1v) is 10.0. The van der Waals surface area contributed by atoms with Crippen LogP contribution in [-0.4, -0.2) is 29.0 Å². The number of amides is 4. The third-order valence-corrected chi connectivity index (χ3v) is 5.01. The van der Waals surface area contributed by atoms with E-state index >= 15 is 0 Å². The van der Waals surface area contributed by atoms with Gasteiger partial charge in [-0.1, -0.05) is 11.6 Å². The Kier molecular flexibility index (Phi) is 6.04. The van der Waals surface area contributed by atoms with Crippen LogP contribution in [0, 0.1) is 5.82 Å². The van der Waals surface area contributed by atoms with Crippen molar-refractivity contribution in [1.29, 1.82) is 0 Å².